The number of fused-ring (bicyclic) bond motifs is 1. The second-order valence-electron chi connectivity index (χ2n) is 6.17. The molecule has 2 heterocycles. The van der Waals surface area contributed by atoms with Crippen LogP contribution in [0.25, 0.3) is 0 Å². The molecule has 0 radical (unpaired) electrons. The number of aliphatic hydroxyl groups excluding tert-OH is 1. The molecule has 7 nitrogen and oxygen atoms in total. The highest BCUT2D eigenvalue weighted by Gasteiger charge is 2.55. The first-order valence-corrected chi connectivity index (χ1v) is 9.51. The van der Waals surface area contributed by atoms with E-state index in [-0.39, 0.29) is 12.1 Å². The standard InChI is InChI=1S/C14H27O7P/c1-6-17-22(16,18-7-2)8-9(3)11-10(15)12-13(19-11)21-14(4,5)20-12/h9-13,15H,6-8H2,1-5H3/t9-,10+,11+,12+,13+/m0/s1. The van der Waals surface area contributed by atoms with E-state index in [0.29, 0.717) is 13.2 Å². The molecule has 130 valence electrons. The fourth-order valence-corrected chi connectivity index (χ4v) is 4.96. The summed E-state index contributed by atoms with van der Waals surface area (Å²) < 4.78 is 40.2. The van der Waals surface area contributed by atoms with Crippen molar-refractivity contribution in [2.75, 3.05) is 19.4 Å². The molecule has 2 rings (SSSR count). The van der Waals surface area contributed by atoms with Gasteiger partial charge in [0.2, 0.25) is 0 Å². The molecule has 0 aliphatic carbocycles. The van der Waals surface area contributed by atoms with Gasteiger partial charge in [0.1, 0.15) is 12.2 Å². The minimum Gasteiger partial charge on any atom is -0.387 e. The van der Waals surface area contributed by atoms with Gasteiger partial charge >= 0.3 is 7.60 Å². The fraction of sp³-hybridized carbons (Fsp3) is 1.00. The molecule has 0 unspecified atom stereocenters. The van der Waals surface area contributed by atoms with Crippen molar-refractivity contribution in [1.82, 2.24) is 0 Å². The molecule has 0 bridgehead atoms. The predicted octanol–water partition coefficient (Wildman–Crippen LogP) is 2.13. The van der Waals surface area contributed by atoms with Gasteiger partial charge in [-0.15, -0.1) is 0 Å². The molecule has 1 N–H and O–H groups in total. The van der Waals surface area contributed by atoms with Gasteiger partial charge in [0.15, 0.2) is 12.1 Å². The molecule has 2 saturated heterocycles. The van der Waals surface area contributed by atoms with E-state index < -0.39 is 38.0 Å². The normalized spacial score (nSPS) is 35.5. The molecule has 0 amide bonds. The minimum atomic E-state index is -3.18. The Hall–Kier alpha value is -0.0100. The van der Waals surface area contributed by atoms with Crippen LogP contribution in [-0.2, 0) is 27.8 Å². The number of ether oxygens (including phenoxy) is 3. The number of hydrogen-bond acceptors (Lipinski definition) is 7. The largest absolute Gasteiger partial charge is 0.387 e. The number of hydrogen-bond donors (Lipinski definition) is 1. The van der Waals surface area contributed by atoms with Crippen LogP contribution in [0.15, 0.2) is 0 Å². The van der Waals surface area contributed by atoms with Gasteiger partial charge in [0, 0.05) is 0 Å². The lowest BCUT2D eigenvalue weighted by Crippen LogP contribution is -2.38. The molecular weight excluding hydrogens is 311 g/mol. The summed E-state index contributed by atoms with van der Waals surface area (Å²) in [6.45, 7) is 9.56. The molecular formula is C14H27O7P. The van der Waals surface area contributed by atoms with E-state index in [9.17, 15) is 9.67 Å². The molecule has 0 aromatic rings. The van der Waals surface area contributed by atoms with E-state index in [0.717, 1.165) is 0 Å². The lowest BCUT2D eigenvalue weighted by atomic mass is 10.0. The van der Waals surface area contributed by atoms with Crippen LogP contribution in [-0.4, -0.2) is 54.9 Å². The van der Waals surface area contributed by atoms with Crippen molar-refractivity contribution in [3.8, 4) is 0 Å². The van der Waals surface area contributed by atoms with E-state index in [1.165, 1.54) is 0 Å². The van der Waals surface area contributed by atoms with Crippen LogP contribution in [0.2, 0.25) is 0 Å². The zero-order valence-electron chi connectivity index (χ0n) is 13.9. The highest BCUT2D eigenvalue weighted by Crippen LogP contribution is 2.51. The third-order valence-electron chi connectivity index (χ3n) is 3.78. The van der Waals surface area contributed by atoms with Crippen LogP contribution in [0.4, 0.5) is 0 Å². The average molecular weight is 338 g/mol. The molecule has 2 aliphatic heterocycles. The van der Waals surface area contributed by atoms with Crippen molar-refractivity contribution in [2.45, 2.75) is 65.0 Å². The van der Waals surface area contributed by atoms with Crippen molar-refractivity contribution in [3.63, 3.8) is 0 Å². The van der Waals surface area contributed by atoms with E-state index in [2.05, 4.69) is 0 Å². The number of aliphatic hydroxyl groups is 1. The Bertz CT molecular complexity index is 417. The molecule has 22 heavy (non-hydrogen) atoms. The average Bonchev–Trinajstić information content (AvgIpc) is 2.84. The predicted molar refractivity (Wildman–Crippen MR) is 79.6 cm³/mol. The maximum absolute atomic E-state index is 12.6. The smallest absolute Gasteiger partial charge is 0.331 e. The maximum Gasteiger partial charge on any atom is 0.331 e. The zero-order chi connectivity index (χ0) is 16.5. The van der Waals surface area contributed by atoms with Crippen molar-refractivity contribution >= 4 is 7.60 Å². The van der Waals surface area contributed by atoms with Crippen molar-refractivity contribution < 1.29 is 32.9 Å². The summed E-state index contributed by atoms with van der Waals surface area (Å²) >= 11 is 0. The van der Waals surface area contributed by atoms with Gasteiger partial charge in [0.05, 0.1) is 25.5 Å². The molecule has 0 aromatic heterocycles. The minimum absolute atomic E-state index is 0.180. The Kier molecular flexibility index (Phi) is 5.71. The van der Waals surface area contributed by atoms with Crippen LogP contribution in [0.1, 0.15) is 34.6 Å². The summed E-state index contributed by atoms with van der Waals surface area (Å²) in [6.07, 6.45) is -2.31. The third kappa shape index (κ3) is 3.90. The molecule has 2 aliphatic rings. The monoisotopic (exact) mass is 338 g/mol. The Labute approximate surface area is 131 Å². The molecule has 0 aromatic carbocycles. The maximum atomic E-state index is 12.6. The summed E-state index contributed by atoms with van der Waals surface area (Å²) in [6, 6.07) is 0. The fourth-order valence-electron chi connectivity index (χ4n) is 2.98. The quantitative estimate of drug-likeness (QED) is 0.712. The molecule has 5 atom stereocenters. The first kappa shape index (κ1) is 18.3. The second kappa shape index (κ2) is 6.85. The Balaban J connectivity index is 1.99. The van der Waals surface area contributed by atoms with Crippen molar-refractivity contribution in [2.24, 2.45) is 5.92 Å². The topological polar surface area (TPSA) is 83.5 Å². The van der Waals surface area contributed by atoms with Crippen LogP contribution in [0, 0.1) is 5.92 Å². The van der Waals surface area contributed by atoms with Crippen molar-refractivity contribution in [3.05, 3.63) is 0 Å². The van der Waals surface area contributed by atoms with Crippen molar-refractivity contribution in [1.29, 1.82) is 0 Å². The Morgan fingerprint density at radius 3 is 2.32 bits per heavy atom. The summed E-state index contributed by atoms with van der Waals surface area (Å²) in [5.74, 6) is -0.990. The highest BCUT2D eigenvalue weighted by molar-refractivity contribution is 7.53. The van der Waals surface area contributed by atoms with Crippen LogP contribution in [0.3, 0.4) is 0 Å². The summed E-state index contributed by atoms with van der Waals surface area (Å²) in [7, 11) is -3.18. The lowest BCUT2D eigenvalue weighted by molar-refractivity contribution is -0.219. The first-order chi connectivity index (χ1) is 10.2. The summed E-state index contributed by atoms with van der Waals surface area (Å²) in [4.78, 5) is 0. The van der Waals surface area contributed by atoms with Gasteiger partial charge in [-0.3, -0.25) is 4.57 Å². The zero-order valence-corrected chi connectivity index (χ0v) is 14.7. The van der Waals surface area contributed by atoms with Gasteiger partial charge < -0.3 is 28.4 Å². The third-order valence-corrected chi connectivity index (χ3v) is 6.10. The molecule has 2 fully saturated rings. The molecule has 0 saturated carbocycles. The van der Waals surface area contributed by atoms with Gasteiger partial charge in [0.25, 0.3) is 0 Å². The van der Waals surface area contributed by atoms with Crippen LogP contribution >= 0.6 is 7.60 Å². The van der Waals surface area contributed by atoms with E-state index in [1.54, 1.807) is 27.7 Å². The summed E-state index contributed by atoms with van der Waals surface area (Å²) in [5.41, 5.74) is 0. The van der Waals surface area contributed by atoms with Gasteiger partial charge in [-0.2, -0.15) is 0 Å². The second-order valence-corrected chi connectivity index (χ2v) is 8.27. The summed E-state index contributed by atoms with van der Waals surface area (Å²) in [5, 5.41) is 10.4. The van der Waals surface area contributed by atoms with Gasteiger partial charge in [-0.1, -0.05) is 6.92 Å². The highest BCUT2D eigenvalue weighted by atomic mass is 31.2. The Morgan fingerprint density at radius 2 is 1.82 bits per heavy atom. The SMILES string of the molecule is CCOP(=O)(C[C@H](C)[C@H]1O[C@@H]2OC(C)(C)O[C@@H]2[C@@H]1O)OCC. The van der Waals surface area contributed by atoms with Crippen LogP contribution in [0.5, 0.6) is 0 Å². The van der Waals surface area contributed by atoms with E-state index in [4.69, 9.17) is 23.3 Å². The van der Waals surface area contributed by atoms with E-state index in [1.807, 2.05) is 6.92 Å². The van der Waals surface area contributed by atoms with Crippen LogP contribution < -0.4 is 0 Å². The van der Waals surface area contributed by atoms with Gasteiger partial charge in [-0.25, -0.2) is 0 Å². The molecule has 8 heteroatoms. The first-order valence-electron chi connectivity index (χ1n) is 7.78. The molecule has 0 spiro atoms. The number of rotatable bonds is 7. The Morgan fingerprint density at radius 1 is 1.23 bits per heavy atom. The van der Waals surface area contributed by atoms with Gasteiger partial charge in [-0.05, 0) is 33.6 Å². The van der Waals surface area contributed by atoms with E-state index >= 15 is 0 Å². The lowest BCUT2D eigenvalue weighted by Gasteiger charge is -2.28.